The fraction of sp³-hybridized carbons (Fsp3) is 0.304. The van der Waals surface area contributed by atoms with E-state index in [1.165, 1.54) is 6.21 Å². The predicted molar refractivity (Wildman–Crippen MR) is 128 cm³/mol. The number of nitrogens with zero attached hydrogens (tertiary/aromatic N) is 1. The van der Waals surface area contributed by atoms with Crippen LogP contribution >= 0.6 is 15.9 Å². The third kappa shape index (κ3) is 7.81. The Hall–Kier alpha value is -3.20. The molecule has 0 saturated carbocycles. The van der Waals surface area contributed by atoms with Crippen molar-refractivity contribution in [3.63, 3.8) is 0 Å². The van der Waals surface area contributed by atoms with E-state index in [0.29, 0.717) is 11.3 Å². The Balaban J connectivity index is 1.83. The number of carbonyl (C=O) groups excluding carboxylic acids is 3. The number of anilines is 1. The van der Waals surface area contributed by atoms with Crippen molar-refractivity contribution in [2.75, 3.05) is 11.9 Å². The number of carbonyl (C=O) groups is 3. The first kappa shape index (κ1) is 25.1. The summed E-state index contributed by atoms with van der Waals surface area (Å²) in [7, 11) is 0. The van der Waals surface area contributed by atoms with Crippen LogP contribution in [-0.2, 0) is 14.4 Å². The van der Waals surface area contributed by atoms with Gasteiger partial charge in [-0.2, -0.15) is 5.10 Å². The average Bonchev–Trinajstić information content (AvgIpc) is 2.75. The number of nitrogens with one attached hydrogen (secondary N) is 3. The van der Waals surface area contributed by atoms with Crippen LogP contribution in [0.3, 0.4) is 0 Å². The summed E-state index contributed by atoms with van der Waals surface area (Å²) < 4.78 is 6.49. The number of benzene rings is 2. The number of rotatable bonds is 8. The minimum absolute atomic E-state index is 0.0882. The van der Waals surface area contributed by atoms with E-state index in [1.807, 2.05) is 39.8 Å². The fourth-order valence-corrected chi connectivity index (χ4v) is 3.38. The number of amides is 3. The highest BCUT2D eigenvalue weighted by Crippen LogP contribution is 2.25. The number of halogens is 1. The molecule has 0 aliphatic heterocycles. The molecule has 0 unspecified atom stereocenters. The summed E-state index contributed by atoms with van der Waals surface area (Å²) in [5.74, 6) is -1.31. The standard InChI is InChI=1S/C23H27BrN4O4/c1-5-16(4)26-22(30)23(31)28-25-12-17-6-8-19(9-7-17)32-13-20(29)27-21-14(2)10-18(24)11-15(21)3/h6-12,16H,5,13H2,1-4H3,(H,26,30)(H,27,29)(H,28,31)/b25-12-/t16-/m0/s1. The van der Waals surface area contributed by atoms with Crippen molar-refractivity contribution in [2.24, 2.45) is 5.10 Å². The van der Waals surface area contributed by atoms with Crippen molar-refractivity contribution in [3.8, 4) is 5.75 Å². The van der Waals surface area contributed by atoms with Gasteiger partial charge in [0.2, 0.25) is 0 Å². The van der Waals surface area contributed by atoms with Crippen LogP contribution in [0, 0.1) is 13.8 Å². The molecule has 9 heteroatoms. The molecular weight excluding hydrogens is 476 g/mol. The number of hydrogen-bond donors (Lipinski definition) is 3. The van der Waals surface area contributed by atoms with Crippen LogP contribution < -0.4 is 20.8 Å². The molecule has 8 nitrogen and oxygen atoms in total. The Bertz CT molecular complexity index is 983. The molecule has 170 valence electrons. The molecule has 0 heterocycles. The van der Waals surface area contributed by atoms with Gasteiger partial charge in [0.25, 0.3) is 5.91 Å². The number of ether oxygens (including phenoxy) is 1. The van der Waals surface area contributed by atoms with Crippen LogP contribution in [0.25, 0.3) is 0 Å². The van der Waals surface area contributed by atoms with E-state index in [4.69, 9.17) is 4.74 Å². The molecule has 0 saturated heterocycles. The summed E-state index contributed by atoms with van der Waals surface area (Å²) in [6.45, 7) is 7.43. The third-order valence-electron chi connectivity index (χ3n) is 4.59. The van der Waals surface area contributed by atoms with Crippen LogP contribution in [0.4, 0.5) is 5.69 Å². The maximum absolute atomic E-state index is 12.2. The molecule has 2 rings (SSSR count). The van der Waals surface area contributed by atoms with Gasteiger partial charge < -0.3 is 15.4 Å². The molecule has 0 bridgehead atoms. The van der Waals surface area contributed by atoms with Crippen LogP contribution in [0.5, 0.6) is 5.75 Å². The van der Waals surface area contributed by atoms with Crippen molar-refractivity contribution in [2.45, 2.75) is 40.2 Å². The van der Waals surface area contributed by atoms with Crippen molar-refractivity contribution in [3.05, 3.63) is 57.6 Å². The Morgan fingerprint density at radius 1 is 1.09 bits per heavy atom. The molecule has 0 aliphatic rings. The second-order valence-electron chi connectivity index (χ2n) is 7.30. The Kier molecular flexibility index (Phi) is 9.39. The van der Waals surface area contributed by atoms with Crippen LogP contribution in [0.1, 0.15) is 37.0 Å². The topological polar surface area (TPSA) is 109 Å². The van der Waals surface area contributed by atoms with E-state index < -0.39 is 11.8 Å². The molecule has 3 amide bonds. The summed E-state index contributed by atoms with van der Waals surface area (Å²) in [4.78, 5) is 35.6. The zero-order valence-corrected chi connectivity index (χ0v) is 20.1. The summed E-state index contributed by atoms with van der Waals surface area (Å²) in [6, 6.07) is 10.6. The molecule has 2 aromatic carbocycles. The summed E-state index contributed by atoms with van der Waals surface area (Å²) in [5.41, 5.74) is 5.55. The number of aryl methyl sites for hydroxylation is 2. The second kappa shape index (κ2) is 12.0. The minimum Gasteiger partial charge on any atom is -0.484 e. The lowest BCUT2D eigenvalue weighted by atomic mass is 10.1. The lowest BCUT2D eigenvalue weighted by molar-refractivity contribution is -0.139. The lowest BCUT2D eigenvalue weighted by Crippen LogP contribution is -2.41. The van der Waals surface area contributed by atoms with Crippen LogP contribution in [0.2, 0.25) is 0 Å². The van der Waals surface area contributed by atoms with Gasteiger partial charge in [0.05, 0.1) is 6.21 Å². The van der Waals surface area contributed by atoms with Gasteiger partial charge in [-0.15, -0.1) is 0 Å². The molecule has 1 atom stereocenters. The van der Waals surface area contributed by atoms with Gasteiger partial charge in [-0.1, -0.05) is 22.9 Å². The predicted octanol–water partition coefficient (Wildman–Crippen LogP) is 3.45. The van der Waals surface area contributed by atoms with Gasteiger partial charge in [-0.25, -0.2) is 5.43 Å². The van der Waals surface area contributed by atoms with Gasteiger partial charge in [0.15, 0.2) is 6.61 Å². The molecule has 0 spiro atoms. The van der Waals surface area contributed by atoms with Gasteiger partial charge in [0.1, 0.15) is 5.75 Å². The summed E-state index contributed by atoms with van der Waals surface area (Å²) in [6.07, 6.45) is 2.13. The molecule has 3 N–H and O–H groups in total. The largest absolute Gasteiger partial charge is 0.484 e. The first-order chi connectivity index (χ1) is 15.2. The van der Waals surface area contributed by atoms with Crippen molar-refractivity contribution in [1.82, 2.24) is 10.7 Å². The Morgan fingerprint density at radius 3 is 2.31 bits per heavy atom. The molecule has 32 heavy (non-hydrogen) atoms. The molecule has 2 aromatic rings. The maximum atomic E-state index is 12.2. The average molecular weight is 503 g/mol. The van der Waals surface area contributed by atoms with E-state index in [9.17, 15) is 14.4 Å². The van der Waals surface area contributed by atoms with Crippen LogP contribution in [0.15, 0.2) is 46.0 Å². The zero-order valence-electron chi connectivity index (χ0n) is 18.5. The van der Waals surface area contributed by atoms with E-state index in [-0.39, 0.29) is 18.6 Å². The molecule has 0 aliphatic carbocycles. The first-order valence-corrected chi connectivity index (χ1v) is 10.9. The maximum Gasteiger partial charge on any atom is 0.329 e. The monoisotopic (exact) mass is 502 g/mol. The Labute approximate surface area is 195 Å². The number of hydrazone groups is 1. The van der Waals surface area contributed by atoms with Gasteiger partial charge in [-0.3, -0.25) is 14.4 Å². The molecule has 0 aromatic heterocycles. The normalized spacial score (nSPS) is 11.7. The van der Waals surface area contributed by atoms with Gasteiger partial charge >= 0.3 is 11.8 Å². The smallest absolute Gasteiger partial charge is 0.329 e. The highest BCUT2D eigenvalue weighted by Gasteiger charge is 2.14. The summed E-state index contributed by atoms with van der Waals surface area (Å²) >= 11 is 3.44. The fourth-order valence-electron chi connectivity index (χ4n) is 2.69. The zero-order chi connectivity index (χ0) is 23.7. The SMILES string of the molecule is CC[C@H](C)NC(=O)C(=O)N/N=C\c1ccc(OCC(=O)Nc2c(C)cc(Br)cc2C)cc1. The van der Waals surface area contributed by atoms with E-state index in [0.717, 1.165) is 27.7 Å². The van der Waals surface area contributed by atoms with Crippen molar-refractivity contribution in [1.29, 1.82) is 0 Å². The lowest BCUT2D eigenvalue weighted by Gasteiger charge is -2.13. The first-order valence-electron chi connectivity index (χ1n) is 10.1. The van der Waals surface area contributed by atoms with E-state index in [1.54, 1.807) is 24.3 Å². The van der Waals surface area contributed by atoms with Gasteiger partial charge in [-0.05, 0) is 80.3 Å². The van der Waals surface area contributed by atoms with E-state index >= 15 is 0 Å². The third-order valence-corrected chi connectivity index (χ3v) is 5.05. The molecule has 0 radical (unpaired) electrons. The molecule has 0 fully saturated rings. The summed E-state index contributed by atoms with van der Waals surface area (Å²) in [5, 5.41) is 9.20. The van der Waals surface area contributed by atoms with Crippen LogP contribution in [-0.4, -0.2) is 36.6 Å². The quantitative estimate of drug-likeness (QED) is 0.291. The second-order valence-corrected chi connectivity index (χ2v) is 8.22. The van der Waals surface area contributed by atoms with Crippen molar-refractivity contribution >= 4 is 45.6 Å². The Morgan fingerprint density at radius 2 is 1.72 bits per heavy atom. The van der Waals surface area contributed by atoms with Gasteiger partial charge in [0, 0.05) is 16.2 Å². The highest BCUT2D eigenvalue weighted by atomic mass is 79.9. The van der Waals surface area contributed by atoms with Crippen molar-refractivity contribution < 1.29 is 19.1 Å². The molecular formula is C23H27BrN4O4. The van der Waals surface area contributed by atoms with E-state index in [2.05, 4.69) is 37.1 Å². The highest BCUT2D eigenvalue weighted by molar-refractivity contribution is 9.10. The minimum atomic E-state index is -0.830. The number of hydrogen-bond acceptors (Lipinski definition) is 5.